The molecule has 27 heavy (non-hydrogen) atoms. The van der Waals surface area contributed by atoms with Gasteiger partial charge in [-0.1, -0.05) is 11.6 Å². The molecule has 0 unspecified atom stereocenters. The minimum absolute atomic E-state index is 0.0877. The first-order chi connectivity index (χ1) is 12.8. The lowest BCUT2D eigenvalue weighted by Gasteiger charge is -2.13. The van der Waals surface area contributed by atoms with Crippen LogP contribution in [0.1, 0.15) is 0 Å². The molecule has 2 aromatic carbocycles. The van der Waals surface area contributed by atoms with Gasteiger partial charge in [-0.25, -0.2) is 8.42 Å². The maximum absolute atomic E-state index is 12.8. The second kappa shape index (κ2) is 8.09. The predicted octanol–water partition coefficient (Wildman–Crippen LogP) is 4.19. The Kier molecular flexibility index (Phi) is 5.99. The summed E-state index contributed by atoms with van der Waals surface area (Å²) in [7, 11) is -0.529. The number of nitrogens with zero attached hydrogens (tertiary/aromatic N) is 3. The van der Waals surface area contributed by atoms with E-state index in [1.165, 1.54) is 31.0 Å². The van der Waals surface area contributed by atoms with Crippen LogP contribution in [0.25, 0.3) is 0 Å². The molecule has 3 aromatic rings. The SMILES string of the molecule is COc1ccc(S(=O)(=O)Nc2cc(Cl)ccc2Sc2nncn2C)cc1Br. The number of hydrogen-bond acceptors (Lipinski definition) is 6. The summed E-state index contributed by atoms with van der Waals surface area (Å²) in [5, 5.41) is 8.85. The molecule has 0 atom stereocenters. The highest BCUT2D eigenvalue weighted by Crippen LogP contribution is 2.35. The highest BCUT2D eigenvalue weighted by atomic mass is 79.9. The van der Waals surface area contributed by atoms with Crippen LogP contribution < -0.4 is 9.46 Å². The van der Waals surface area contributed by atoms with Crippen LogP contribution in [0.4, 0.5) is 5.69 Å². The molecule has 1 aromatic heterocycles. The number of hydrogen-bond donors (Lipinski definition) is 1. The van der Waals surface area contributed by atoms with Gasteiger partial charge in [-0.2, -0.15) is 0 Å². The van der Waals surface area contributed by atoms with Gasteiger partial charge >= 0.3 is 0 Å². The molecule has 0 saturated heterocycles. The highest BCUT2D eigenvalue weighted by Gasteiger charge is 2.19. The Hall–Kier alpha value is -1.75. The quantitative estimate of drug-likeness (QED) is 0.559. The molecule has 0 amide bonds. The van der Waals surface area contributed by atoms with Gasteiger partial charge < -0.3 is 9.30 Å². The molecule has 1 N–H and O–H groups in total. The summed E-state index contributed by atoms with van der Waals surface area (Å²) in [6.45, 7) is 0. The maximum Gasteiger partial charge on any atom is 0.261 e. The topological polar surface area (TPSA) is 86.1 Å². The minimum Gasteiger partial charge on any atom is -0.496 e. The number of methoxy groups -OCH3 is 1. The van der Waals surface area contributed by atoms with Crippen LogP contribution in [0.5, 0.6) is 5.75 Å². The second-order valence-corrected chi connectivity index (χ2v) is 9.35. The van der Waals surface area contributed by atoms with Gasteiger partial charge in [0, 0.05) is 17.0 Å². The predicted molar refractivity (Wildman–Crippen MR) is 108 cm³/mol. The third kappa shape index (κ3) is 4.57. The molecule has 0 aliphatic carbocycles. The first-order valence-electron chi connectivity index (χ1n) is 7.48. The lowest BCUT2D eigenvalue weighted by Crippen LogP contribution is -2.13. The number of aromatic nitrogens is 3. The number of benzene rings is 2. The van der Waals surface area contributed by atoms with Gasteiger partial charge in [0.25, 0.3) is 10.0 Å². The van der Waals surface area contributed by atoms with Crippen molar-refractivity contribution in [1.82, 2.24) is 14.8 Å². The van der Waals surface area contributed by atoms with Crippen molar-refractivity contribution in [3.63, 3.8) is 0 Å². The molecule has 1 heterocycles. The van der Waals surface area contributed by atoms with Gasteiger partial charge in [0.2, 0.25) is 0 Å². The van der Waals surface area contributed by atoms with Crippen molar-refractivity contribution >= 4 is 55.0 Å². The Labute approximate surface area is 174 Å². The van der Waals surface area contributed by atoms with E-state index in [1.807, 2.05) is 0 Å². The van der Waals surface area contributed by atoms with Crippen LogP contribution in [0.3, 0.4) is 0 Å². The summed E-state index contributed by atoms with van der Waals surface area (Å²) in [5.41, 5.74) is 0.349. The molecule has 11 heteroatoms. The number of halogens is 2. The number of anilines is 1. The van der Waals surface area contributed by atoms with Gasteiger partial charge in [-0.05, 0) is 64.1 Å². The van der Waals surface area contributed by atoms with Gasteiger partial charge in [0.15, 0.2) is 5.16 Å². The average Bonchev–Trinajstić information content (AvgIpc) is 3.01. The molecule has 0 saturated carbocycles. The molecular formula is C16H14BrClN4O3S2. The molecule has 3 rings (SSSR count). The summed E-state index contributed by atoms with van der Waals surface area (Å²) >= 11 is 10.6. The van der Waals surface area contributed by atoms with Gasteiger partial charge in [0.1, 0.15) is 12.1 Å². The van der Waals surface area contributed by atoms with Crippen LogP contribution >= 0.6 is 39.3 Å². The maximum atomic E-state index is 12.8. The fourth-order valence-electron chi connectivity index (χ4n) is 2.15. The van der Waals surface area contributed by atoms with Crippen molar-refractivity contribution < 1.29 is 13.2 Å². The molecule has 142 valence electrons. The summed E-state index contributed by atoms with van der Waals surface area (Å²) in [6.07, 6.45) is 1.57. The molecule has 7 nitrogen and oxygen atoms in total. The van der Waals surface area contributed by atoms with E-state index in [4.69, 9.17) is 16.3 Å². The normalized spacial score (nSPS) is 11.4. The van der Waals surface area contributed by atoms with E-state index in [0.29, 0.717) is 31.0 Å². The zero-order valence-corrected chi connectivity index (χ0v) is 18.2. The Morgan fingerprint density at radius 3 is 2.67 bits per heavy atom. The first-order valence-corrected chi connectivity index (χ1v) is 10.9. The van der Waals surface area contributed by atoms with Crippen molar-refractivity contribution in [1.29, 1.82) is 0 Å². The lowest BCUT2D eigenvalue weighted by molar-refractivity contribution is 0.411. The smallest absolute Gasteiger partial charge is 0.261 e. The van der Waals surface area contributed by atoms with Crippen LogP contribution in [-0.2, 0) is 17.1 Å². The Morgan fingerprint density at radius 1 is 1.26 bits per heavy atom. The van der Waals surface area contributed by atoms with Crippen molar-refractivity contribution in [2.24, 2.45) is 7.05 Å². The zero-order chi connectivity index (χ0) is 19.6. The minimum atomic E-state index is -3.84. The van der Waals surface area contributed by atoms with Crippen molar-refractivity contribution in [3.8, 4) is 5.75 Å². The molecule has 0 bridgehead atoms. The van der Waals surface area contributed by atoms with Crippen molar-refractivity contribution in [2.45, 2.75) is 14.9 Å². The average molecular weight is 490 g/mol. The lowest BCUT2D eigenvalue weighted by atomic mass is 10.3. The van der Waals surface area contributed by atoms with E-state index in [0.717, 1.165) is 0 Å². The van der Waals surface area contributed by atoms with Crippen LogP contribution in [0.2, 0.25) is 5.02 Å². The van der Waals surface area contributed by atoms with E-state index < -0.39 is 10.0 Å². The number of aryl methyl sites for hydroxylation is 1. The monoisotopic (exact) mass is 488 g/mol. The zero-order valence-electron chi connectivity index (χ0n) is 14.2. The Balaban J connectivity index is 1.95. The number of nitrogens with one attached hydrogen (secondary N) is 1. The van der Waals surface area contributed by atoms with E-state index in [-0.39, 0.29) is 4.90 Å². The number of sulfonamides is 1. The largest absolute Gasteiger partial charge is 0.496 e. The molecule has 0 radical (unpaired) electrons. The van der Waals surface area contributed by atoms with Gasteiger partial charge in [-0.3, -0.25) is 4.72 Å². The van der Waals surface area contributed by atoms with Crippen molar-refractivity contribution in [3.05, 3.63) is 52.2 Å². The number of rotatable bonds is 6. The number of ether oxygens (including phenoxy) is 1. The third-order valence-corrected chi connectivity index (χ3v) is 6.84. The van der Waals surface area contributed by atoms with Gasteiger partial charge in [-0.15, -0.1) is 10.2 Å². The summed E-state index contributed by atoms with van der Waals surface area (Å²) < 4.78 is 35.7. The second-order valence-electron chi connectivity index (χ2n) is 5.37. The van der Waals surface area contributed by atoms with Crippen LogP contribution in [0.15, 0.2) is 62.1 Å². The fraction of sp³-hybridized carbons (Fsp3) is 0.125. The summed E-state index contributed by atoms with van der Waals surface area (Å²) in [5.74, 6) is 0.537. The molecule has 0 aliphatic rings. The Bertz CT molecular complexity index is 1090. The van der Waals surface area contributed by atoms with E-state index in [2.05, 4.69) is 30.8 Å². The molecule has 0 fully saturated rings. The summed E-state index contributed by atoms with van der Waals surface area (Å²) in [6, 6.07) is 9.47. The van der Waals surface area contributed by atoms with Crippen molar-refractivity contribution in [2.75, 3.05) is 11.8 Å². The Morgan fingerprint density at radius 2 is 2.04 bits per heavy atom. The standard InChI is InChI=1S/C16H14BrClN4O3S2/c1-22-9-19-20-16(22)26-15-6-3-10(18)7-13(15)21-27(23,24)11-4-5-14(25-2)12(17)8-11/h3-9,21H,1-2H3. The van der Waals surface area contributed by atoms with Crippen LogP contribution in [0, 0.1) is 0 Å². The van der Waals surface area contributed by atoms with E-state index >= 15 is 0 Å². The highest BCUT2D eigenvalue weighted by molar-refractivity contribution is 9.10. The van der Waals surface area contributed by atoms with Crippen LogP contribution in [-0.4, -0.2) is 30.3 Å². The first kappa shape index (κ1) is 20.0. The third-order valence-electron chi connectivity index (χ3n) is 3.49. The van der Waals surface area contributed by atoms with E-state index in [9.17, 15) is 8.42 Å². The fourth-order valence-corrected chi connectivity index (χ4v) is 5.01. The molecular weight excluding hydrogens is 476 g/mol. The summed E-state index contributed by atoms with van der Waals surface area (Å²) in [4.78, 5) is 0.733. The molecule has 0 spiro atoms. The molecule has 0 aliphatic heterocycles. The van der Waals surface area contributed by atoms with E-state index in [1.54, 1.807) is 42.2 Å². The van der Waals surface area contributed by atoms with Gasteiger partial charge in [0.05, 0.1) is 22.2 Å².